The number of rotatable bonds is 6. The van der Waals surface area contributed by atoms with Crippen molar-refractivity contribution in [3.8, 4) is 0 Å². The normalized spacial score (nSPS) is 24.4. The molecule has 1 aromatic rings. The Morgan fingerprint density at radius 1 is 1.00 bits per heavy atom. The van der Waals surface area contributed by atoms with Crippen molar-refractivity contribution in [2.24, 2.45) is 0 Å². The number of halogens is 1. The van der Waals surface area contributed by atoms with Crippen LogP contribution in [0.5, 0.6) is 0 Å². The predicted molar refractivity (Wildman–Crippen MR) is 120 cm³/mol. The Morgan fingerprint density at radius 3 is 2.61 bits per heavy atom. The number of unbranched alkanes of at least 4 members (excludes halogenated alkanes) is 1. The lowest BCUT2D eigenvalue weighted by Gasteiger charge is -2.41. The number of hydrogen-bond acceptors (Lipinski definition) is 5. The maximum atomic E-state index is 12.5. The van der Waals surface area contributed by atoms with E-state index in [4.69, 9.17) is 21.1 Å². The van der Waals surface area contributed by atoms with Crippen LogP contribution in [-0.2, 0) is 16.0 Å². The summed E-state index contributed by atoms with van der Waals surface area (Å²) < 4.78 is 11.7. The Labute approximate surface area is 189 Å². The molecular weight excluding hydrogens is 414 g/mol. The molecular formula is C24H30ClN3O3. The van der Waals surface area contributed by atoms with Gasteiger partial charge in [0.15, 0.2) is 11.5 Å². The smallest absolute Gasteiger partial charge is 0.254 e. The van der Waals surface area contributed by atoms with Crippen molar-refractivity contribution in [3.05, 3.63) is 58.0 Å². The van der Waals surface area contributed by atoms with Crippen LogP contribution >= 0.6 is 11.6 Å². The Balaban J connectivity index is 1.05. The van der Waals surface area contributed by atoms with Crippen LogP contribution in [0.25, 0.3) is 0 Å². The minimum Gasteiger partial charge on any atom is -0.489 e. The molecule has 0 radical (unpaired) electrons. The van der Waals surface area contributed by atoms with E-state index in [1.54, 1.807) is 0 Å². The summed E-state index contributed by atoms with van der Waals surface area (Å²) in [6.45, 7) is 8.01. The van der Waals surface area contributed by atoms with Crippen molar-refractivity contribution in [2.75, 3.05) is 52.5 Å². The van der Waals surface area contributed by atoms with Crippen molar-refractivity contribution in [1.29, 1.82) is 0 Å². The first-order valence-corrected chi connectivity index (χ1v) is 11.8. The Kier molecular flexibility index (Phi) is 6.21. The molecule has 1 fully saturated rings. The maximum absolute atomic E-state index is 12.5. The number of nitrogens with zero attached hydrogens (tertiary/aromatic N) is 3. The van der Waals surface area contributed by atoms with Gasteiger partial charge in [-0.3, -0.25) is 9.69 Å². The van der Waals surface area contributed by atoms with E-state index in [1.165, 1.54) is 0 Å². The van der Waals surface area contributed by atoms with E-state index in [9.17, 15) is 4.79 Å². The quantitative estimate of drug-likeness (QED) is 0.632. The van der Waals surface area contributed by atoms with Gasteiger partial charge >= 0.3 is 0 Å². The summed E-state index contributed by atoms with van der Waals surface area (Å²) in [5.41, 5.74) is 2.04. The van der Waals surface area contributed by atoms with Gasteiger partial charge in [0, 0.05) is 56.3 Å². The summed E-state index contributed by atoms with van der Waals surface area (Å²) in [6, 6.07) is 8.15. The predicted octanol–water partition coefficient (Wildman–Crippen LogP) is 3.19. The first-order chi connectivity index (χ1) is 15.2. The molecule has 0 spiro atoms. The zero-order chi connectivity index (χ0) is 21.2. The van der Waals surface area contributed by atoms with E-state index in [-0.39, 0.29) is 11.9 Å². The topological polar surface area (TPSA) is 45.3 Å². The lowest BCUT2D eigenvalue weighted by atomic mass is 10.0. The fourth-order valence-corrected chi connectivity index (χ4v) is 5.27. The molecule has 3 heterocycles. The van der Waals surface area contributed by atoms with Gasteiger partial charge in [0.2, 0.25) is 0 Å². The molecule has 3 aliphatic heterocycles. The van der Waals surface area contributed by atoms with Crippen molar-refractivity contribution in [2.45, 2.75) is 31.8 Å². The minimum atomic E-state index is 0.187. The summed E-state index contributed by atoms with van der Waals surface area (Å²) >= 11 is 6.38. The number of benzene rings is 1. The average Bonchev–Trinajstić information content (AvgIpc) is 3.12. The van der Waals surface area contributed by atoms with Gasteiger partial charge in [-0.15, -0.1) is 0 Å². The van der Waals surface area contributed by atoms with Crippen molar-refractivity contribution < 1.29 is 14.3 Å². The molecule has 1 atom stereocenters. The highest BCUT2D eigenvalue weighted by Crippen LogP contribution is 2.33. The summed E-state index contributed by atoms with van der Waals surface area (Å²) in [6.07, 6.45) is 4.87. The van der Waals surface area contributed by atoms with Crippen molar-refractivity contribution in [1.82, 2.24) is 14.7 Å². The second-order valence-corrected chi connectivity index (χ2v) is 9.19. The first-order valence-electron chi connectivity index (χ1n) is 11.4. The standard InChI is InChI=1S/C24H30ClN3O3/c25-19-15-21(23-22(16-19)30-13-14-31-23)27-11-9-26(10-12-27)7-3-4-8-28-17-18-5-1-2-6-20(18)24(28)29/h1-2,5-6,16,21H,3-4,7-15,17H2. The van der Waals surface area contributed by atoms with Gasteiger partial charge in [0.05, 0.1) is 6.04 Å². The summed E-state index contributed by atoms with van der Waals surface area (Å²) in [5.74, 6) is 1.96. The molecule has 1 aromatic carbocycles. The van der Waals surface area contributed by atoms with Crippen LogP contribution in [0.3, 0.4) is 0 Å². The Bertz CT molecular complexity index is 892. The van der Waals surface area contributed by atoms with Gasteiger partial charge in [-0.2, -0.15) is 0 Å². The molecule has 0 aromatic heterocycles. The van der Waals surface area contributed by atoms with Crippen LogP contribution in [0, 0.1) is 0 Å². The molecule has 31 heavy (non-hydrogen) atoms. The van der Waals surface area contributed by atoms with Crippen LogP contribution in [0.1, 0.15) is 35.2 Å². The third-order valence-electron chi connectivity index (χ3n) is 6.72. The number of allylic oxidation sites excluding steroid dienone is 1. The van der Waals surface area contributed by atoms with E-state index in [0.29, 0.717) is 13.2 Å². The monoisotopic (exact) mass is 443 g/mol. The molecule has 1 aliphatic carbocycles. The molecule has 4 aliphatic rings. The van der Waals surface area contributed by atoms with E-state index in [1.807, 2.05) is 29.2 Å². The zero-order valence-electron chi connectivity index (χ0n) is 17.9. The molecule has 0 bridgehead atoms. The molecule has 5 rings (SSSR count). The van der Waals surface area contributed by atoms with Crippen LogP contribution in [-0.4, -0.2) is 79.1 Å². The number of hydrogen-bond donors (Lipinski definition) is 0. The van der Waals surface area contributed by atoms with Crippen LogP contribution in [0.15, 0.2) is 46.9 Å². The highest BCUT2D eigenvalue weighted by atomic mass is 35.5. The third-order valence-corrected chi connectivity index (χ3v) is 6.98. The second-order valence-electron chi connectivity index (χ2n) is 8.71. The average molecular weight is 444 g/mol. The zero-order valence-corrected chi connectivity index (χ0v) is 18.6. The maximum Gasteiger partial charge on any atom is 0.254 e. The SMILES string of the molecule is O=C1c2ccccc2CN1CCCCN1CCN(C2CC(Cl)=CC3=C2OCCO3)CC1. The highest BCUT2D eigenvalue weighted by molar-refractivity contribution is 6.29. The van der Waals surface area contributed by atoms with Gasteiger partial charge in [-0.05, 0) is 37.1 Å². The van der Waals surface area contributed by atoms with E-state index >= 15 is 0 Å². The van der Waals surface area contributed by atoms with Gasteiger partial charge < -0.3 is 19.3 Å². The Morgan fingerprint density at radius 2 is 1.77 bits per heavy atom. The minimum absolute atomic E-state index is 0.187. The summed E-state index contributed by atoms with van der Waals surface area (Å²) in [7, 11) is 0. The largest absolute Gasteiger partial charge is 0.489 e. The second kappa shape index (κ2) is 9.23. The molecule has 7 heteroatoms. The van der Waals surface area contributed by atoms with E-state index < -0.39 is 0 Å². The van der Waals surface area contributed by atoms with Gasteiger partial charge in [-0.25, -0.2) is 0 Å². The molecule has 166 valence electrons. The third kappa shape index (κ3) is 4.47. The first kappa shape index (κ1) is 20.9. The summed E-state index contributed by atoms with van der Waals surface area (Å²) in [4.78, 5) is 19.5. The number of fused-ring (bicyclic) bond motifs is 1. The van der Waals surface area contributed by atoms with E-state index in [0.717, 1.165) is 92.8 Å². The number of carbonyl (C=O) groups excluding carboxylic acids is 1. The highest BCUT2D eigenvalue weighted by Gasteiger charge is 2.34. The molecule has 1 amide bonds. The van der Waals surface area contributed by atoms with Crippen LogP contribution in [0.2, 0.25) is 0 Å². The lowest BCUT2D eigenvalue weighted by Crippen LogP contribution is -2.52. The molecule has 6 nitrogen and oxygen atoms in total. The number of amides is 1. The van der Waals surface area contributed by atoms with E-state index in [2.05, 4.69) is 15.9 Å². The Hall–Kier alpha value is -2.02. The lowest BCUT2D eigenvalue weighted by molar-refractivity contribution is 0.0205. The van der Waals surface area contributed by atoms with Gasteiger partial charge in [0.25, 0.3) is 5.91 Å². The van der Waals surface area contributed by atoms with Crippen LogP contribution in [0.4, 0.5) is 0 Å². The number of ether oxygens (including phenoxy) is 2. The fourth-order valence-electron chi connectivity index (χ4n) is 5.02. The van der Waals surface area contributed by atoms with Gasteiger partial charge in [-0.1, -0.05) is 29.8 Å². The molecule has 1 unspecified atom stereocenters. The van der Waals surface area contributed by atoms with Crippen LogP contribution < -0.4 is 0 Å². The fraction of sp³-hybridized carbons (Fsp3) is 0.542. The molecule has 1 saturated heterocycles. The summed E-state index contributed by atoms with van der Waals surface area (Å²) in [5, 5.41) is 0.843. The van der Waals surface area contributed by atoms with Gasteiger partial charge in [0.1, 0.15) is 13.2 Å². The number of carbonyl (C=O) groups is 1. The van der Waals surface area contributed by atoms with Crippen molar-refractivity contribution >= 4 is 17.5 Å². The molecule has 0 N–H and O–H groups in total. The number of piperazine rings is 1. The molecule has 0 saturated carbocycles. The van der Waals surface area contributed by atoms with Crippen molar-refractivity contribution in [3.63, 3.8) is 0 Å².